The molecular weight excluding hydrogens is 580 g/mol. The Bertz CT molecular complexity index is 2460. The second-order valence-corrected chi connectivity index (χ2v) is 11.7. The van der Waals surface area contributed by atoms with Gasteiger partial charge < -0.3 is 9.47 Å². The van der Waals surface area contributed by atoms with Gasteiger partial charge in [0.2, 0.25) is 0 Å². The predicted octanol–water partition coefficient (Wildman–Crippen LogP) is 10.9. The number of rotatable bonds is 3. The smallest absolute Gasteiger partial charge is 0.167 e. The van der Waals surface area contributed by atoms with E-state index in [1.54, 1.807) is 0 Å². The van der Waals surface area contributed by atoms with Crippen molar-refractivity contribution in [3.63, 3.8) is 0 Å². The van der Waals surface area contributed by atoms with Gasteiger partial charge in [-0.2, -0.15) is 0 Å². The van der Waals surface area contributed by atoms with Gasteiger partial charge in [-0.3, -0.25) is 4.90 Å². The van der Waals surface area contributed by atoms with Crippen LogP contribution in [0.2, 0.25) is 0 Å². The second-order valence-electron chi connectivity index (χ2n) is 11.7. The molecule has 8 aromatic rings. The van der Waals surface area contributed by atoms with Crippen molar-refractivity contribution in [3.05, 3.63) is 146 Å². The van der Waals surface area contributed by atoms with E-state index in [0.717, 1.165) is 66.8 Å². The SMILES string of the molecule is c1ccc2c(c1)Oc1cccc3c1N2c1cccc(-c2nc(-c4ccc5ccccc5c4)nc(-c4ccc5ccccc5c4)n2)c1O3. The molecule has 0 aliphatic carbocycles. The molecule has 0 radical (unpaired) electrons. The van der Waals surface area contributed by atoms with Crippen LogP contribution in [0.1, 0.15) is 0 Å². The molecule has 2 aliphatic heterocycles. The highest BCUT2D eigenvalue weighted by Gasteiger charge is 2.35. The third-order valence-corrected chi connectivity index (χ3v) is 8.85. The Hall–Kier alpha value is -6.53. The van der Waals surface area contributed by atoms with Crippen LogP contribution in [0.5, 0.6) is 23.0 Å². The maximum Gasteiger partial charge on any atom is 0.167 e. The van der Waals surface area contributed by atoms with E-state index < -0.39 is 0 Å². The normalized spacial score (nSPS) is 12.6. The highest BCUT2D eigenvalue weighted by molar-refractivity contribution is 5.96. The number of anilines is 3. The Kier molecular flexibility index (Phi) is 5.48. The van der Waals surface area contributed by atoms with Crippen LogP contribution in [0.3, 0.4) is 0 Å². The van der Waals surface area contributed by atoms with Crippen LogP contribution in [0.15, 0.2) is 146 Å². The molecule has 0 unspecified atom stereocenters. The van der Waals surface area contributed by atoms with Crippen LogP contribution in [0.25, 0.3) is 55.7 Å². The monoisotopic (exact) mass is 604 g/mol. The lowest BCUT2D eigenvalue weighted by Crippen LogP contribution is -2.20. The molecule has 0 saturated heterocycles. The summed E-state index contributed by atoms with van der Waals surface area (Å²) < 4.78 is 13.0. The Morgan fingerprint density at radius 2 is 0.936 bits per heavy atom. The number of para-hydroxylation sites is 4. The van der Waals surface area contributed by atoms with Crippen molar-refractivity contribution in [1.82, 2.24) is 15.0 Å². The van der Waals surface area contributed by atoms with Gasteiger partial charge in [-0.1, -0.05) is 97.1 Å². The van der Waals surface area contributed by atoms with Gasteiger partial charge >= 0.3 is 0 Å². The molecule has 7 aromatic carbocycles. The molecular formula is C41H24N4O2. The topological polar surface area (TPSA) is 60.4 Å². The zero-order valence-corrected chi connectivity index (χ0v) is 25.0. The molecule has 1 aromatic heterocycles. The van der Waals surface area contributed by atoms with Gasteiger partial charge in [0.25, 0.3) is 0 Å². The molecule has 47 heavy (non-hydrogen) atoms. The van der Waals surface area contributed by atoms with Crippen molar-refractivity contribution in [2.45, 2.75) is 0 Å². The van der Waals surface area contributed by atoms with Gasteiger partial charge in [0.05, 0.1) is 16.9 Å². The van der Waals surface area contributed by atoms with E-state index in [9.17, 15) is 0 Å². The van der Waals surface area contributed by atoms with Crippen molar-refractivity contribution in [2.24, 2.45) is 0 Å². The molecule has 2 aliphatic rings. The molecule has 0 bridgehead atoms. The number of ether oxygens (including phenoxy) is 2. The van der Waals surface area contributed by atoms with Gasteiger partial charge in [0, 0.05) is 11.1 Å². The van der Waals surface area contributed by atoms with E-state index in [0.29, 0.717) is 29.0 Å². The average molecular weight is 605 g/mol. The van der Waals surface area contributed by atoms with E-state index in [1.807, 2.05) is 72.8 Å². The summed E-state index contributed by atoms with van der Waals surface area (Å²) in [7, 11) is 0. The zero-order chi connectivity index (χ0) is 30.9. The molecule has 0 N–H and O–H groups in total. The van der Waals surface area contributed by atoms with Crippen LogP contribution in [-0.4, -0.2) is 15.0 Å². The summed E-state index contributed by atoms with van der Waals surface area (Å²) >= 11 is 0. The van der Waals surface area contributed by atoms with Gasteiger partial charge in [0.1, 0.15) is 5.69 Å². The standard InChI is InChI=1S/C41H24N4O2/c1-3-11-27-23-29(21-19-25(27)9-1)39-42-40(30-22-20-26-10-2-4-12-28(26)24-30)44-41(43-39)31-13-7-15-33-38(31)47-36-18-8-17-35-37(36)45(33)32-14-5-6-16-34(32)46-35/h1-24H. The van der Waals surface area contributed by atoms with E-state index in [-0.39, 0.29) is 0 Å². The number of hydrogen-bond acceptors (Lipinski definition) is 6. The highest BCUT2D eigenvalue weighted by Crippen LogP contribution is 2.60. The van der Waals surface area contributed by atoms with Crippen LogP contribution >= 0.6 is 0 Å². The molecule has 0 amide bonds. The molecule has 10 rings (SSSR count). The van der Waals surface area contributed by atoms with Crippen LogP contribution in [0.4, 0.5) is 17.1 Å². The molecule has 0 spiro atoms. The van der Waals surface area contributed by atoms with E-state index in [2.05, 4.69) is 77.7 Å². The number of aromatic nitrogens is 3. The first-order valence-electron chi connectivity index (χ1n) is 15.5. The molecule has 3 heterocycles. The summed E-state index contributed by atoms with van der Waals surface area (Å²) in [4.78, 5) is 17.5. The van der Waals surface area contributed by atoms with Crippen LogP contribution in [0, 0.1) is 0 Å². The van der Waals surface area contributed by atoms with Crippen LogP contribution in [-0.2, 0) is 0 Å². The summed E-state index contributed by atoms with van der Waals surface area (Å²) in [5, 5.41) is 4.57. The molecule has 220 valence electrons. The van der Waals surface area contributed by atoms with Crippen molar-refractivity contribution >= 4 is 38.6 Å². The minimum absolute atomic E-state index is 0.532. The fourth-order valence-corrected chi connectivity index (χ4v) is 6.61. The lowest BCUT2D eigenvalue weighted by molar-refractivity contribution is 0.446. The lowest BCUT2D eigenvalue weighted by atomic mass is 10.0. The predicted molar refractivity (Wildman–Crippen MR) is 186 cm³/mol. The fraction of sp³-hybridized carbons (Fsp3) is 0. The molecule has 0 saturated carbocycles. The van der Waals surface area contributed by atoms with Gasteiger partial charge in [0.15, 0.2) is 40.5 Å². The zero-order valence-electron chi connectivity index (χ0n) is 25.0. The Labute approximate surface area is 270 Å². The summed E-state index contributed by atoms with van der Waals surface area (Å²) in [5.41, 5.74) is 5.31. The summed E-state index contributed by atoms with van der Waals surface area (Å²) in [6.45, 7) is 0. The van der Waals surface area contributed by atoms with Crippen molar-refractivity contribution in [2.75, 3.05) is 4.90 Å². The summed E-state index contributed by atoms with van der Waals surface area (Å²) in [6.07, 6.45) is 0. The first-order chi connectivity index (χ1) is 23.3. The van der Waals surface area contributed by atoms with E-state index in [1.165, 1.54) is 0 Å². The molecule has 6 nitrogen and oxygen atoms in total. The minimum atomic E-state index is 0.532. The Morgan fingerprint density at radius 1 is 0.404 bits per heavy atom. The Morgan fingerprint density at radius 3 is 1.64 bits per heavy atom. The number of fused-ring (bicyclic) bond motifs is 6. The summed E-state index contributed by atoms with van der Waals surface area (Å²) in [5.74, 6) is 4.63. The van der Waals surface area contributed by atoms with Crippen molar-refractivity contribution in [3.8, 4) is 57.2 Å². The van der Waals surface area contributed by atoms with Gasteiger partial charge in [-0.15, -0.1) is 0 Å². The van der Waals surface area contributed by atoms with Crippen LogP contribution < -0.4 is 14.4 Å². The van der Waals surface area contributed by atoms with E-state index >= 15 is 0 Å². The van der Waals surface area contributed by atoms with Gasteiger partial charge in [-0.25, -0.2) is 15.0 Å². The molecule has 6 heteroatoms. The number of nitrogens with zero attached hydrogens (tertiary/aromatic N) is 4. The van der Waals surface area contributed by atoms with E-state index in [4.69, 9.17) is 24.4 Å². The van der Waals surface area contributed by atoms with Crippen molar-refractivity contribution in [1.29, 1.82) is 0 Å². The average Bonchev–Trinajstić information content (AvgIpc) is 3.14. The first kappa shape index (κ1) is 25.8. The lowest BCUT2D eigenvalue weighted by Gasteiger charge is -2.38. The first-order valence-corrected chi connectivity index (χ1v) is 15.5. The second kappa shape index (κ2) is 9.99. The largest absolute Gasteiger partial charge is 0.453 e. The van der Waals surface area contributed by atoms with Crippen molar-refractivity contribution < 1.29 is 9.47 Å². The number of hydrogen-bond donors (Lipinski definition) is 0. The quantitative estimate of drug-likeness (QED) is 0.200. The third kappa shape index (κ3) is 4.09. The minimum Gasteiger partial charge on any atom is -0.453 e. The number of benzene rings is 7. The maximum absolute atomic E-state index is 6.71. The highest BCUT2D eigenvalue weighted by atomic mass is 16.5. The maximum atomic E-state index is 6.71. The summed E-state index contributed by atoms with van der Waals surface area (Å²) in [6, 6.07) is 49.3. The van der Waals surface area contributed by atoms with Gasteiger partial charge in [-0.05, 0) is 70.1 Å². The third-order valence-electron chi connectivity index (χ3n) is 8.85. The fourth-order valence-electron chi connectivity index (χ4n) is 6.61. The Balaban J connectivity index is 1.20. The molecule has 0 atom stereocenters. The molecule has 0 fully saturated rings.